The van der Waals surface area contributed by atoms with Gasteiger partial charge in [-0.1, -0.05) is 89.5 Å². The van der Waals surface area contributed by atoms with Crippen molar-refractivity contribution in [2.75, 3.05) is 0 Å². The Morgan fingerprint density at radius 1 is 0.864 bits per heavy atom. The normalized spacial score (nSPS) is 18.5. The van der Waals surface area contributed by atoms with Crippen molar-refractivity contribution in [2.24, 2.45) is 11.8 Å². The lowest BCUT2D eigenvalue weighted by atomic mass is 9.80. The zero-order chi connectivity index (χ0) is 18.3. The molecule has 0 N–H and O–H groups in total. The molecular formula is C22H42. The fraction of sp³-hybridized carbons (Fsp3) is 0.636. The van der Waals surface area contributed by atoms with E-state index in [4.69, 9.17) is 0 Å². The molecule has 0 saturated carbocycles. The standard InChI is InChI=1S/C16H24.3C2H6/c1-11(2)9-15-7-8-16(10-12(3)4)14(6)13(15)5;3*1-2/h7-10,13,15H,1-6H3;3*1-2H3. The summed E-state index contributed by atoms with van der Waals surface area (Å²) < 4.78 is 0. The average Bonchev–Trinajstić information content (AvgIpc) is 2.52. The number of hydrogen-bond donors (Lipinski definition) is 0. The lowest BCUT2D eigenvalue weighted by Crippen LogP contribution is -2.13. The highest BCUT2D eigenvalue weighted by Gasteiger charge is 2.19. The number of hydrogen-bond acceptors (Lipinski definition) is 0. The monoisotopic (exact) mass is 306 g/mol. The second kappa shape index (κ2) is 16.3. The smallest absolute Gasteiger partial charge is 0.00154 e. The summed E-state index contributed by atoms with van der Waals surface area (Å²) in [5, 5.41) is 0. The molecule has 1 aliphatic carbocycles. The van der Waals surface area contributed by atoms with Crippen LogP contribution in [0.2, 0.25) is 0 Å². The van der Waals surface area contributed by atoms with Gasteiger partial charge in [-0.15, -0.1) is 0 Å². The molecule has 0 fully saturated rings. The summed E-state index contributed by atoms with van der Waals surface area (Å²) in [7, 11) is 0. The van der Waals surface area contributed by atoms with E-state index in [2.05, 4.69) is 65.8 Å². The van der Waals surface area contributed by atoms with E-state index in [0.29, 0.717) is 11.8 Å². The molecule has 0 saturated heterocycles. The molecule has 0 aliphatic heterocycles. The molecule has 0 radical (unpaired) electrons. The van der Waals surface area contributed by atoms with Crippen molar-refractivity contribution < 1.29 is 0 Å². The molecule has 0 aromatic rings. The Labute approximate surface area is 142 Å². The second-order valence-corrected chi connectivity index (χ2v) is 5.33. The summed E-state index contributed by atoms with van der Waals surface area (Å²) in [6.45, 7) is 25.2. The highest BCUT2D eigenvalue weighted by molar-refractivity contribution is 5.41. The van der Waals surface area contributed by atoms with Crippen molar-refractivity contribution in [1.29, 1.82) is 0 Å². The first kappa shape index (κ1) is 25.9. The van der Waals surface area contributed by atoms with Crippen LogP contribution >= 0.6 is 0 Å². The highest BCUT2D eigenvalue weighted by atomic mass is 14.2. The molecule has 22 heavy (non-hydrogen) atoms. The summed E-state index contributed by atoms with van der Waals surface area (Å²) in [5.41, 5.74) is 5.67. The Morgan fingerprint density at radius 3 is 1.68 bits per heavy atom. The summed E-state index contributed by atoms with van der Waals surface area (Å²) in [6, 6.07) is 0. The Hall–Kier alpha value is -1.04. The fourth-order valence-corrected chi connectivity index (χ4v) is 2.12. The predicted octanol–water partition coefficient (Wildman–Crippen LogP) is 8.14. The van der Waals surface area contributed by atoms with Gasteiger partial charge in [0.15, 0.2) is 0 Å². The van der Waals surface area contributed by atoms with Crippen molar-refractivity contribution >= 4 is 0 Å². The largest absolute Gasteiger partial charge is 0.0798 e. The maximum atomic E-state index is 2.37. The van der Waals surface area contributed by atoms with E-state index < -0.39 is 0 Å². The van der Waals surface area contributed by atoms with Gasteiger partial charge in [-0.2, -0.15) is 0 Å². The Balaban J connectivity index is -0.000000535. The first-order valence-corrected chi connectivity index (χ1v) is 9.10. The molecule has 0 aromatic heterocycles. The number of allylic oxidation sites excluding steroid dienone is 8. The SMILES string of the molecule is CC.CC.CC.CC(C)=CC1=C(C)C(C)C(C=C(C)C)C=C1. The maximum Gasteiger partial charge on any atom is 0.00154 e. The zero-order valence-corrected chi connectivity index (χ0v) is 17.5. The lowest BCUT2D eigenvalue weighted by molar-refractivity contribution is 0.564. The minimum absolute atomic E-state index is 0.569. The van der Waals surface area contributed by atoms with Gasteiger partial charge in [-0.3, -0.25) is 0 Å². The third kappa shape index (κ3) is 10.7. The van der Waals surface area contributed by atoms with E-state index in [0.717, 1.165) is 0 Å². The van der Waals surface area contributed by atoms with Crippen molar-refractivity contribution in [2.45, 2.75) is 83.1 Å². The van der Waals surface area contributed by atoms with Crippen LogP contribution in [0.15, 0.2) is 46.6 Å². The highest BCUT2D eigenvalue weighted by Crippen LogP contribution is 2.31. The summed E-state index contributed by atoms with van der Waals surface area (Å²) in [6.07, 6.45) is 9.25. The molecule has 2 atom stereocenters. The van der Waals surface area contributed by atoms with Gasteiger partial charge in [0.2, 0.25) is 0 Å². The van der Waals surface area contributed by atoms with Gasteiger partial charge in [0.05, 0.1) is 0 Å². The van der Waals surface area contributed by atoms with Crippen LogP contribution in [-0.2, 0) is 0 Å². The Bertz CT molecular complexity index is 367. The minimum atomic E-state index is 0.569. The quantitative estimate of drug-likeness (QED) is 0.452. The van der Waals surface area contributed by atoms with E-state index in [-0.39, 0.29) is 0 Å². The van der Waals surface area contributed by atoms with Crippen molar-refractivity contribution in [1.82, 2.24) is 0 Å². The third-order valence-electron chi connectivity index (χ3n) is 3.18. The van der Waals surface area contributed by atoms with Gasteiger partial charge in [-0.05, 0) is 46.1 Å². The van der Waals surface area contributed by atoms with E-state index >= 15 is 0 Å². The van der Waals surface area contributed by atoms with Crippen LogP contribution < -0.4 is 0 Å². The summed E-state index contributed by atoms with van der Waals surface area (Å²) in [4.78, 5) is 0. The van der Waals surface area contributed by atoms with Gasteiger partial charge in [0.1, 0.15) is 0 Å². The molecule has 1 rings (SSSR count). The number of rotatable bonds is 2. The van der Waals surface area contributed by atoms with Gasteiger partial charge >= 0.3 is 0 Å². The van der Waals surface area contributed by atoms with Crippen molar-refractivity contribution in [3.8, 4) is 0 Å². The van der Waals surface area contributed by atoms with Crippen LogP contribution in [0.5, 0.6) is 0 Å². The molecule has 0 nitrogen and oxygen atoms in total. The van der Waals surface area contributed by atoms with Crippen molar-refractivity contribution in [3.63, 3.8) is 0 Å². The van der Waals surface area contributed by atoms with E-state index in [1.54, 1.807) is 0 Å². The summed E-state index contributed by atoms with van der Waals surface area (Å²) in [5.74, 6) is 1.19. The molecule has 0 heterocycles. The van der Waals surface area contributed by atoms with E-state index in [9.17, 15) is 0 Å². The van der Waals surface area contributed by atoms with Crippen molar-refractivity contribution in [3.05, 3.63) is 46.6 Å². The van der Waals surface area contributed by atoms with Crippen LogP contribution in [0, 0.1) is 11.8 Å². The second-order valence-electron chi connectivity index (χ2n) is 5.33. The molecule has 0 aromatic carbocycles. The van der Waals surface area contributed by atoms with Gasteiger partial charge in [-0.25, -0.2) is 0 Å². The van der Waals surface area contributed by atoms with E-state index in [1.165, 1.54) is 22.3 Å². The Morgan fingerprint density at radius 2 is 1.32 bits per heavy atom. The minimum Gasteiger partial charge on any atom is -0.0798 e. The molecule has 130 valence electrons. The van der Waals surface area contributed by atoms with Crippen LogP contribution in [0.1, 0.15) is 83.1 Å². The zero-order valence-electron chi connectivity index (χ0n) is 17.5. The topological polar surface area (TPSA) is 0 Å². The molecule has 0 heteroatoms. The third-order valence-corrected chi connectivity index (χ3v) is 3.18. The molecule has 0 bridgehead atoms. The van der Waals surface area contributed by atoms with Crippen LogP contribution in [-0.4, -0.2) is 0 Å². The first-order chi connectivity index (χ1) is 10.4. The molecule has 0 spiro atoms. The van der Waals surface area contributed by atoms with Crippen LogP contribution in [0.4, 0.5) is 0 Å². The fourth-order valence-electron chi connectivity index (χ4n) is 2.12. The van der Waals surface area contributed by atoms with Crippen LogP contribution in [0.25, 0.3) is 0 Å². The first-order valence-electron chi connectivity index (χ1n) is 9.10. The molecular weight excluding hydrogens is 264 g/mol. The van der Waals surface area contributed by atoms with Gasteiger partial charge in [0, 0.05) is 5.92 Å². The maximum absolute atomic E-state index is 2.37. The molecule has 0 amide bonds. The van der Waals surface area contributed by atoms with Gasteiger partial charge in [0.25, 0.3) is 0 Å². The lowest BCUT2D eigenvalue weighted by Gasteiger charge is -2.25. The summed E-state index contributed by atoms with van der Waals surface area (Å²) >= 11 is 0. The van der Waals surface area contributed by atoms with Crippen LogP contribution in [0.3, 0.4) is 0 Å². The predicted molar refractivity (Wildman–Crippen MR) is 107 cm³/mol. The molecule has 1 aliphatic rings. The average molecular weight is 307 g/mol. The molecule has 2 unspecified atom stereocenters. The Kier molecular flexibility index (Phi) is 19.2. The van der Waals surface area contributed by atoms with E-state index in [1.807, 2.05) is 41.5 Å². The van der Waals surface area contributed by atoms with Gasteiger partial charge < -0.3 is 0 Å².